The number of carbonyl (C=O) groups excluding carboxylic acids is 1. The van der Waals surface area contributed by atoms with Crippen LogP contribution in [0.2, 0.25) is 0 Å². The fourth-order valence-corrected chi connectivity index (χ4v) is 6.10. The molecule has 0 amide bonds. The Hall–Kier alpha value is -3.63. The van der Waals surface area contributed by atoms with Crippen molar-refractivity contribution in [2.24, 2.45) is 11.8 Å². The zero-order valence-electron chi connectivity index (χ0n) is 26.7. The number of fused-ring (bicyclic) bond motifs is 1. The fraction of sp³-hybridized carbons (Fsp3) is 0.472. The third-order valence-corrected chi connectivity index (χ3v) is 8.68. The van der Waals surface area contributed by atoms with Crippen LogP contribution in [-0.2, 0) is 34.1 Å². The van der Waals surface area contributed by atoms with E-state index < -0.39 is 29.6 Å². The van der Waals surface area contributed by atoms with Gasteiger partial charge in [-0.1, -0.05) is 45.0 Å². The number of alkyl halides is 3. The van der Waals surface area contributed by atoms with E-state index in [-0.39, 0.29) is 24.1 Å². The van der Waals surface area contributed by atoms with Crippen molar-refractivity contribution in [3.05, 3.63) is 94.8 Å². The second-order valence-corrected chi connectivity index (χ2v) is 13.1. The van der Waals surface area contributed by atoms with E-state index in [0.717, 1.165) is 36.9 Å². The zero-order valence-corrected chi connectivity index (χ0v) is 26.7. The lowest BCUT2D eigenvalue weighted by Crippen LogP contribution is -2.33. The summed E-state index contributed by atoms with van der Waals surface area (Å²) in [6.45, 7) is 11.2. The Morgan fingerprint density at radius 3 is 2.17 bits per heavy atom. The number of rotatable bonds is 13. The summed E-state index contributed by atoms with van der Waals surface area (Å²) in [5, 5.41) is 3.51. The first-order chi connectivity index (χ1) is 21.8. The van der Waals surface area contributed by atoms with E-state index in [1.807, 2.05) is 53.4 Å². The van der Waals surface area contributed by atoms with Crippen molar-refractivity contribution in [2.75, 3.05) is 32.8 Å². The molecule has 3 aromatic carbocycles. The van der Waals surface area contributed by atoms with E-state index in [1.165, 1.54) is 5.56 Å². The minimum absolute atomic E-state index is 0.0156. The second kappa shape index (κ2) is 14.0. The third kappa shape index (κ3) is 8.59. The van der Waals surface area contributed by atoms with Gasteiger partial charge in [-0.05, 0) is 77.8 Å². The summed E-state index contributed by atoms with van der Waals surface area (Å²) >= 11 is 0. The van der Waals surface area contributed by atoms with E-state index in [0.29, 0.717) is 48.9 Å². The molecule has 2 fully saturated rings. The van der Waals surface area contributed by atoms with Crippen LogP contribution >= 0.6 is 0 Å². The van der Waals surface area contributed by atoms with Gasteiger partial charge in [0, 0.05) is 44.2 Å². The highest BCUT2D eigenvalue weighted by atomic mass is 19.4. The molecule has 46 heavy (non-hydrogen) atoms. The SMILES string of the molecule is CCOC(=O)[C@H](Cc1ccc(OCCNC2[C@H]3CN(Cc4cc(C(F)(F)F)ccc4F)C[C@@H]23)cc1)Oc1ccc(C(C)(C)C)cc1. The van der Waals surface area contributed by atoms with Crippen LogP contribution in [-0.4, -0.2) is 55.9 Å². The predicted octanol–water partition coefficient (Wildman–Crippen LogP) is 6.79. The summed E-state index contributed by atoms with van der Waals surface area (Å²) in [5.41, 5.74) is 1.36. The average Bonchev–Trinajstić information content (AvgIpc) is 3.45. The maximum absolute atomic E-state index is 14.2. The molecule has 0 spiro atoms. The molecule has 1 N–H and O–H groups in total. The number of benzene rings is 3. The van der Waals surface area contributed by atoms with Gasteiger partial charge in [0.15, 0.2) is 6.10 Å². The first kappa shape index (κ1) is 33.7. The molecule has 2 aliphatic rings. The van der Waals surface area contributed by atoms with Gasteiger partial charge in [0.05, 0.1) is 12.2 Å². The Bertz CT molecular complexity index is 1460. The van der Waals surface area contributed by atoms with Gasteiger partial charge >= 0.3 is 12.1 Å². The predicted molar refractivity (Wildman–Crippen MR) is 167 cm³/mol. The van der Waals surface area contributed by atoms with Crippen molar-refractivity contribution < 1.29 is 36.6 Å². The van der Waals surface area contributed by atoms with Crippen LogP contribution in [0.3, 0.4) is 0 Å². The second-order valence-electron chi connectivity index (χ2n) is 13.1. The van der Waals surface area contributed by atoms with Gasteiger partial charge in [-0.15, -0.1) is 0 Å². The van der Waals surface area contributed by atoms with Crippen LogP contribution < -0.4 is 14.8 Å². The van der Waals surface area contributed by atoms with Crippen LogP contribution in [0.4, 0.5) is 17.6 Å². The highest BCUT2D eigenvalue weighted by Crippen LogP contribution is 2.46. The number of piperidine rings is 1. The Morgan fingerprint density at radius 1 is 0.935 bits per heavy atom. The highest BCUT2D eigenvalue weighted by Gasteiger charge is 2.55. The molecule has 4 atom stereocenters. The summed E-state index contributed by atoms with van der Waals surface area (Å²) in [5.74, 6) is 1.10. The van der Waals surface area contributed by atoms with E-state index in [9.17, 15) is 22.4 Å². The summed E-state index contributed by atoms with van der Waals surface area (Å²) in [6.07, 6.45) is -4.92. The van der Waals surface area contributed by atoms with Crippen LogP contribution in [0.25, 0.3) is 0 Å². The van der Waals surface area contributed by atoms with Gasteiger partial charge in [0.25, 0.3) is 0 Å². The number of esters is 1. The average molecular weight is 643 g/mol. The Morgan fingerprint density at radius 2 is 1.57 bits per heavy atom. The molecule has 1 aliphatic heterocycles. The lowest BCUT2D eigenvalue weighted by molar-refractivity contribution is -0.151. The number of carbonyl (C=O) groups is 1. The van der Waals surface area contributed by atoms with E-state index in [1.54, 1.807) is 6.92 Å². The minimum Gasteiger partial charge on any atom is -0.492 e. The number of likely N-dealkylation sites (tertiary alicyclic amines) is 1. The normalized spacial score (nSPS) is 20.2. The summed E-state index contributed by atoms with van der Waals surface area (Å²) in [6, 6.07) is 18.3. The van der Waals surface area contributed by atoms with Crippen molar-refractivity contribution >= 4 is 5.97 Å². The topological polar surface area (TPSA) is 60.0 Å². The molecule has 3 aromatic rings. The standard InChI is InChI=1S/C36H42F4N2O4/c1-5-44-34(43)32(46-28-13-8-25(9-14-28)35(2,3)4)18-23-6-11-27(12-7-23)45-17-16-41-33-29-21-42(22-30(29)33)20-24-19-26(36(38,39)40)10-15-31(24)37/h6-15,19,29-30,32-33,41H,5,16-18,20-22H2,1-4H3/t29-,30+,32-,33?/m0/s1. The number of nitrogens with zero attached hydrogens (tertiary/aromatic N) is 1. The Labute approximate surface area is 268 Å². The molecule has 0 radical (unpaired) electrons. The maximum atomic E-state index is 14.2. The van der Waals surface area contributed by atoms with Gasteiger partial charge in [-0.3, -0.25) is 4.90 Å². The van der Waals surface area contributed by atoms with E-state index >= 15 is 0 Å². The van der Waals surface area contributed by atoms with Crippen LogP contribution in [0.1, 0.15) is 49.9 Å². The summed E-state index contributed by atoms with van der Waals surface area (Å²) < 4.78 is 70.5. The van der Waals surface area contributed by atoms with Crippen LogP contribution in [0.5, 0.6) is 11.5 Å². The van der Waals surface area contributed by atoms with Crippen LogP contribution in [0.15, 0.2) is 66.7 Å². The Balaban J connectivity index is 1.04. The Kier molecular flexibility index (Phi) is 10.3. The molecule has 0 bridgehead atoms. The van der Waals surface area contributed by atoms with Crippen molar-refractivity contribution in [1.82, 2.24) is 10.2 Å². The van der Waals surface area contributed by atoms with Crippen molar-refractivity contribution in [1.29, 1.82) is 0 Å². The molecule has 1 aliphatic carbocycles. The molecule has 1 saturated carbocycles. The molecule has 1 unspecified atom stereocenters. The maximum Gasteiger partial charge on any atom is 0.416 e. The lowest BCUT2D eigenvalue weighted by atomic mass is 9.87. The van der Waals surface area contributed by atoms with Gasteiger partial charge < -0.3 is 19.5 Å². The zero-order chi connectivity index (χ0) is 33.1. The number of ether oxygens (including phenoxy) is 3. The fourth-order valence-electron chi connectivity index (χ4n) is 6.10. The molecule has 6 nitrogen and oxygen atoms in total. The molecule has 1 heterocycles. The van der Waals surface area contributed by atoms with Crippen molar-refractivity contribution in [3.63, 3.8) is 0 Å². The minimum atomic E-state index is -4.49. The van der Waals surface area contributed by atoms with Crippen LogP contribution in [0, 0.1) is 17.7 Å². The number of nitrogens with one attached hydrogen (secondary N) is 1. The largest absolute Gasteiger partial charge is 0.492 e. The molecular formula is C36H42F4N2O4. The molecule has 5 rings (SSSR count). The van der Waals surface area contributed by atoms with Gasteiger partial charge in [-0.25, -0.2) is 9.18 Å². The molecule has 10 heteroatoms. The summed E-state index contributed by atoms with van der Waals surface area (Å²) in [7, 11) is 0. The van der Waals surface area contributed by atoms with Gasteiger partial charge in [-0.2, -0.15) is 13.2 Å². The number of halogens is 4. The lowest BCUT2D eigenvalue weighted by Gasteiger charge is -2.21. The van der Waals surface area contributed by atoms with Gasteiger partial charge in [0.2, 0.25) is 0 Å². The molecule has 248 valence electrons. The number of hydrogen-bond acceptors (Lipinski definition) is 6. The van der Waals surface area contributed by atoms with Crippen molar-refractivity contribution in [3.8, 4) is 11.5 Å². The monoisotopic (exact) mass is 642 g/mol. The first-order valence-corrected chi connectivity index (χ1v) is 15.8. The van der Waals surface area contributed by atoms with Gasteiger partial charge in [0.1, 0.15) is 23.9 Å². The molecule has 1 saturated heterocycles. The highest BCUT2D eigenvalue weighted by molar-refractivity contribution is 5.75. The molecular weight excluding hydrogens is 600 g/mol. The third-order valence-electron chi connectivity index (χ3n) is 8.68. The van der Waals surface area contributed by atoms with E-state index in [2.05, 4.69) is 26.1 Å². The summed E-state index contributed by atoms with van der Waals surface area (Å²) in [4.78, 5) is 14.7. The van der Waals surface area contributed by atoms with Crippen molar-refractivity contribution in [2.45, 2.75) is 64.4 Å². The smallest absolute Gasteiger partial charge is 0.416 e. The molecule has 0 aromatic heterocycles. The first-order valence-electron chi connectivity index (χ1n) is 15.8. The number of hydrogen-bond donors (Lipinski definition) is 1. The van der Waals surface area contributed by atoms with E-state index in [4.69, 9.17) is 14.2 Å². The quantitative estimate of drug-likeness (QED) is 0.126.